The van der Waals surface area contributed by atoms with Gasteiger partial charge in [-0.3, -0.25) is 4.79 Å². The van der Waals surface area contributed by atoms with Crippen LogP contribution in [0.25, 0.3) is 0 Å². The van der Waals surface area contributed by atoms with Crippen LogP contribution in [0.15, 0.2) is 0 Å². The molecule has 0 bridgehead atoms. The molecule has 2 N–H and O–H groups in total. The fourth-order valence-electron chi connectivity index (χ4n) is 2.49. The third kappa shape index (κ3) is 2.61. The van der Waals surface area contributed by atoms with Crippen molar-refractivity contribution < 1.29 is 18.3 Å². The number of hydrogen-bond acceptors (Lipinski definition) is 5. The maximum absolute atomic E-state index is 12.1. The lowest BCUT2D eigenvalue weighted by atomic mass is 10.1. The summed E-state index contributed by atoms with van der Waals surface area (Å²) in [6.45, 7) is 1.04. The number of nitrogens with one attached hydrogen (secondary N) is 1. The van der Waals surface area contributed by atoms with E-state index >= 15 is 0 Å². The molecule has 3 atom stereocenters. The monoisotopic (exact) mass is 262 g/mol. The van der Waals surface area contributed by atoms with Crippen molar-refractivity contribution in [1.82, 2.24) is 10.2 Å². The maximum atomic E-state index is 12.1. The van der Waals surface area contributed by atoms with E-state index in [2.05, 4.69) is 5.32 Å². The van der Waals surface area contributed by atoms with E-state index in [1.54, 1.807) is 7.05 Å². The van der Waals surface area contributed by atoms with Crippen LogP contribution >= 0.6 is 0 Å². The molecule has 2 rings (SSSR count). The van der Waals surface area contributed by atoms with E-state index in [1.807, 2.05) is 0 Å². The first kappa shape index (κ1) is 12.8. The average Bonchev–Trinajstić information content (AvgIpc) is 2.82. The summed E-state index contributed by atoms with van der Waals surface area (Å²) in [5.41, 5.74) is 0. The highest BCUT2D eigenvalue weighted by atomic mass is 32.2. The van der Waals surface area contributed by atoms with Crippen molar-refractivity contribution in [2.75, 3.05) is 31.6 Å². The summed E-state index contributed by atoms with van der Waals surface area (Å²) in [4.78, 5) is 13.6. The fourth-order valence-corrected chi connectivity index (χ4v) is 4.22. The molecule has 0 spiro atoms. The smallest absolute Gasteiger partial charge is 0.226 e. The van der Waals surface area contributed by atoms with Gasteiger partial charge in [0.2, 0.25) is 5.91 Å². The lowest BCUT2D eigenvalue weighted by molar-refractivity contribution is -0.136. The van der Waals surface area contributed by atoms with Gasteiger partial charge < -0.3 is 15.3 Å². The molecule has 2 aliphatic heterocycles. The summed E-state index contributed by atoms with van der Waals surface area (Å²) in [7, 11) is -1.40. The Morgan fingerprint density at radius 2 is 2.12 bits per heavy atom. The van der Waals surface area contributed by atoms with Crippen LogP contribution in [0.2, 0.25) is 0 Å². The van der Waals surface area contributed by atoms with E-state index in [0.29, 0.717) is 19.5 Å². The molecule has 2 saturated heterocycles. The van der Waals surface area contributed by atoms with Crippen LogP contribution in [-0.4, -0.2) is 68.1 Å². The first-order valence-corrected chi connectivity index (χ1v) is 7.59. The third-order valence-corrected chi connectivity index (χ3v) is 5.35. The van der Waals surface area contributed by atoms with Crippen molar-refractivity contribution in [3.63, 3.8) is 0 Å². The Morgan fingerprint density at radius 1 is 1.41 bits per heavy atom. The molecule has 0 aromatic carbocycles. The minimum absolute atomic E-state index is 0.0492. The summed E-state index contributed by atoms with van der Waals surface area (Å²) in [6.07, 6.45) is -0.163. The fraction of sp³-hybridized carbons (Fsp3) is 0.900. The molecule has 17 heavy (non-hydrogen) atoms. The Labute approximate surface area is 101 Å². The second-order valence-electron chi connectivity index (χ2n) is 4.84. The van der Waals surface area contributed by atoms with Gasteiger partial charge in [0.15, 0.2) is 9.84 Å². The van der Waals surface area contributed by atoms with Gasteiger partial charge in [0.25, 0.3) is 0 Å². The van der Waals surface area contributed by atoms with Crippen molar-refractivity contribution in [3.05, 3.63) is 0 Å². The minimum atomic E-state index is -3.04. The molecule has 1 unspecified atom stereocenters. The van der Waals surface area contributed by atoms with Gasteiger partial charge >= 0.3 is 0 Å². The normalized spacial score (nSPS) is 36.0. The van der Waals surface area contributed by atoms with Crippen molar-refractivity contribution in [2.45, 2.75) is 18.6 Å². The summed E-state index contributed by atoms with van der Waals surface area (Å²) in [5, 5.41) is 12.7. The molecule has 2 aliphatic rings. The van der Waals surface area contributed by atoms with Gasteiger partial charge in [0.05, 0.1) is 29.6 Å². The molecule has 7 heteroatoms. The quantitative estimate of drug-likeness (QED) is 0.614. The SMILES string of the molecule is CN(C(=O)C1CCS(=O)(=O)C1)[C@@H]1CNC[C@H]1O. The zero-order valence-electron chi connectivity index (χ0n) is 9.80. The Bertz CT molecular complexity index is 409. The average molecular weight is 262 g/mol. The van der Waals surface area contributed by atoms with Crippen molar-refractivity contribution in [3.8, 4) is 0 Å². The Hall–Kier alpha value is -0.660. The zero-order valence-corrected chi connectivity index (χ0v) is 10.6. The van der Waals surface area contributed by atoms with Crippen LogP contribution in [0.1, 0.15) is 6.42 Å². The van der Waals surface area contributed by atoms with Gasteiger partial charge in [0.1, 0.15) is 0 Å². The highest BCUT2D eigenvalue weighted by Crippen LogP contribution is 2.22. The summed E-state index contributed by atoms with van der Waals surface area (Å²) < 4.78 is 22.6. The number of aliphatic hydroxyl groups excluding tert-OH is 1. The number of β-amino-alcohol motifs (C(OH)–C–C–N with tert-alkyl or cyclic N) is 1. The standard InChI is InChI=1S/C10H18N2O4S/c1-12(8-4-11-5-9(8)13)10(14)7-2-3-17(15,16)6-7/h7-9,11,13H,2-6H2,1H3/t7?,8-,9-/m1/s1. The number of likely N-dealkylation sites (N-methyl/N-ethyl adjacent to an activating group) is 1. The molecule has 1 amide bonds. The second kappa shape index (κ2) is 4.55. The topological polar surface area (TPSA) is 86.7 Å². The highest BCUT2D eigenvalue weighted by molar-refractivity contribution is 7.91. The molecule has 0 aliphatic carbocycles. The van der Waals surface area contributed by atoms with E-state index in [9.17, 15) is 18.3 Å². The molecule has 0 saturated carbocycles. The predicted octanol–water partition coefficient (Wildman–Crippen LogP) is -1.79. The molecule has 0 aromatic rings. The number of nitrogens with zero attached hydrogens (tertiary/aromatic N) is 1. The minimum Gasteiger partial charge on any atom is -0.390 e. The van der Waals surface area contributed by atoms with E-state index < -0.39 is 21.9 Å². The van der Waals surface area contributed by atoms with E-state index in [-0.39, 0.29) is 23.5 Å². The molecule has 0 radical (unpaired) electrons. The number of aliphatic hydroxyl groups is 1. The number of sulfone groups is 1. The van der Waals surface area contributed by atoms with Crippen LogP contribution in [0.5, 0.6) is 0 Å². The van der Waals surface area contributed by atoms with Crippen LogP contribution in [0.4, 0.5) is 0 Å². The van der Waals surface area contributed by atoms with Gasteiger partial charge in [-0.2, -0.15) is 0 Å². The molecule has 2 fully saturated rings. The second-order valence-corrected chi connectivity index (χ2v) is 7.07. The summed E-state index contributed by atoms with van der Waals surface area (Å²) >= 11 is 0. The highest BCUT2D eigenvalue weighted by Gasteiger charge is 2.38. The summed E-state index contributed by atoms with van der Waals surface area (Å²) in [6, 6.07) is -0.245. The van der Waals surface area contributed by atoms with E-state index in [1.165, 1.54) is 4.90 Å². The largest absolute Gasteiger partial charge is 0.390 e. The number of hydrogen-bond donors (Lipinski definition) is 2. The van der Waals surface area contributed by atoms with Crippen LogP contribution in [0, 0.1) is 5.92 Å². The molecule has 6 nitrogen and oxygen atoms in total. The van der Waals surface area contributed by atoms with Crippen molar-refractivity contribution >= 4 is 15.7 Å². The lowest BCUT2D eigenvalue weighted by Gasteiger charge is -2.28. The number of carbonyl (C=O) groups is 1. The molecule has 98 valence electrons. The number of rotatable bonds is 2. The molecule has 0 aromatic heterocycles. The first-order chi connectivity index (χ1) is 7.91. The van der Waals surface area contributed by atoms with Gasteiger partial charge in [-0.25, -0.2) is 8.42 Å². The molecule has 2 heterocycles. The van der Waals surface area contributed by atoms with Crippen molar-refractivity contribution in [1.29, 1.82) is 0 Å². The lowest BCUT2D eigenvalue weighted by Crippen LogP contribution is -2.46. The van der Waals surface area contributed by atoms with Gasteiger partial charge in [0, 0.05) is 20.1 Å². The Kier molecular flexibility index (Phi) is 3.42. The Balaban J connectivity index is 2.00. The first-order valence-electron chi connectivity index (χ1n) is 5.76. The number of amides is 1. The third-order valence-electron chi connectivity index (χ3n) is 3.58. The molecular formula is C10H18N2O4S. The van der Waals surface area contributed by atoms with Gasteiger partial charge in [-0.1, -0.05) is 0 Å². The van der Waals surface area contributed by atoms with E-state index in [0.717, 1.165) is 0 Å². The predicted molar refractivity (Wildman–Crippen MR) is 62.2 cm³/mol. The number of carbonyl (C=O) groups excluding carboxylic acids is 1. The van der Waals surface area contributed by atoms with Crippen molar-refractivity contribution in [2.24, 2.45) is 5.92 Å². The van der Waals surface area contributed by atoms with Crippen LogP contribution in [0.3, 0.4) is 0 Å². The zero-order chi connectivity index (χ0) is 12.6. The van der Waals surface area contributed by atoms with Gasteiger partial charge in [-0.05, 0) is 6.42 Å². The van der Waals surface area contributed by atoms with E-state index in [4.69, 9.17) is 0 Å². The van der Waals surface area contributed by atoms with Crippen LogP contribution in [-0.2, 0) is 14.6 Å². The molecular weight excluding hydrogens is 244 g/mol. The maximum Gasteiger partial charge on any atom is 0.226 e. The summed E-state index contributed by atoms with van der Waals surface area (Å²) in [5.74, 6) is -0.550. The van der Waals surface area contributed by atoms with Gasteiger partial charge in [-0.15, -0.1) is 0 Å². The van der Waals surface area contributed by atoms with Crippen LogP contribution < -0.4 is 5.32 Å². The Morgan fingerprint density at radius 3 is 2.59 bits per heavy atom.